The Bertz CT molecular complexity index is 1520. The standard InChI is InChI=1S/C26H17N3O2/c1-29-20(15-7-3-2-4-8-15)13-14-21(29)26-27-19-12-11-18-22(23(19)28-26)25(31)17-10-6-5-9-16(17)24(18)30/h2-14H,1H3,(H,27,28). The molecule has 0 amide bonds. The number of nitrogens with zero attached hydrogens (tertiary/aromatic N) is 2. The van der Waals surface area contributed by atoms with Gasteiger partial charge in [-0.3, -0.25) is 9.59 Å². The number of imidazole rings is 1. The lowest BCUT2D eigenvalue weighted by Gasteiger charge is -2.17. The van der Waals surface area contributed by atoms with Gasteiger partial charge in [-0.05, 0) is 29.8 Å². The summed E-state index contributed by atoms with van der Waals surface area (Å²) in [5.74, 6) is 0.361. The molecule has 148 valence electrons. The number of aromatic nitrogens is 3. The molecular weight excluding hydrogens is 386 g/mol. The molecule has 0 saturated carbocycles. The van der Waals surface area contributed by atoms with Gasteiger partial charge in [0, 0.05) is 29.4 Å². The Hall–Kier alpha value is -4.25. The lowest BCUT2D eigenvalue weighted by atomic mass is 9.83. The van der Waals surface area contributed by atoms with Crippen LogP contribution in [0.5, 0.6) is 0 Å². The minimum absolute atomic E-state index is 0.137. The van der Waals surface area contributed by atoms with Crippen molar-refractivity contribution >= 4 is 22.6 Å². The van der Waals surface area contributed by atoms with Gasteiger partial charge in [-0.2, -0.15) is 0 Å². The molecule has 0 atom stereocenters. The number of hydrogen-bond donors (Lipinski definition) is 1. The highest BCUT2D eigenvalue weighted by Crippen LogP contribution is 2.34. The van der Waals surface area contributed by atoms with E-state index in [1.54, 1.807) is 30.3 Å². The first-order chi connectivity index (χ1) is 15.1. The maximum atomic E-state index is 13.3. The Morgan fingerprint density at radius 3 is 2.16 bits per heavy atom. The van der Waals surface area contributed by atoms with Gasteiger partial charge in [0.1, 0.15) is 5.52 Å². The van der Waals surface area contributed by atoms with Crippen LogP contribution in [0.2, 0.25) is 0 Å². The number of hydrogen-bond acceptors (Lipinski definition) is 3. The molecule has 5 heteroatoms. The smallest absolute Gasteiger partial charge is 0.196 e. The third kappa shape index (κ3) is 2.47. The van der Waals surface area contributed by atoms with Crippen LogP contribution in [0.1, 0.15) is 31.8 Å². The van der Waals surface area contributed by atoms with E-state index in [1.165, 1.54) is 0 Å². The van der Waals surface area contributed by atoms with Crippen molar-refractivity contribution in [1.29, 1.82) is 0 Å². The highest BCUT2D eigenvalue weighted by Gasteiger charge is 2.32. The Balaban J connectivity index is 1.53. The van der Waals surface area contributed by atoms with E-state index in [-0.39, 0.29) is 11.6 Å². The van der Waals surface area contributed by atoms with Gasteiger partial charge in [0.25, 0.3) is 0 Å². The summed E-state index contributed by atoms with van der Waals surface area (Å²) < 4.78 is 2.07. The van der Waals surface area contributed by atoms with Crippen LogP contribution < -0.4 is 0 Å². The van der Waals surface area contributed by atoms with E-state index in [1.807, 2.05) is 37.4 Å². The van der Waals surface area contributed by atoms with Gasteiger partial charge in [-0.25, -0.2) is 4.98 Å². The SMILES string of the molecule is Cn1c(-c2ccccc2)ccc1-c1nc2c3c(ccc2[nH]1)C(=O)c1ccccc1C3=O. The number of nitrogens with one attached hydrogen (secondary N) is 1. The molecule has 0 radical (unpaired) electrons. The van der Waals surface area contributed by atoms with Crippen molar-refractivity contribution in [2.24, 2.45) is 7.05 Å². The van der Waals surface area contributed by atoms with Crippen molar-refractivity contribution in [1.82, 2.24) is 14.5 Å². The van der Waals surface area contributed by atoms with E-state index in [4.69, 9.17) is 4.98 Å². The summed E-state index contributed by atoms with van der Waals surface area (Å²) >= 11 is 0. The lowest BCUT2D eigenvalue weighted by molar-refractivity contribution is 0.0980. The summed E-state index contributed by atoms with van der Waals surface area (Å²) in [6.07, 6.45) is 0. The molecule has 1 aliphatic rings. The molecule has 0 spiro atoms. The van der Waals surface area contributed by atoms with Crippen molar-refractivity contribution < 1.29 is 9.59 Å². The molecule has 0 unspecified atom stereocenters. The highest BCUT2D eigenvalue weighted by atomic mass is 16.1. The first-order valence-corrected chi connectivity index (χ1v) is 10.1. The van der Waals surface area contributed by atoms with Crippen LogP contribution in [0.4, 0.5) is 0 Å². The molecule has 6 rings (SSSR count). The Morgan fingerprint density at radius 1 is 0.710 bits per heavy atom. The van der Waals surface area contributed by atoms with Crippen LogP contribution in [-0.2, 0) is 7.05 Å². The average molecular weight is 403 g/mol. The first-order valence-electron chi connectivity index (χ1n) is 10.1. The maximum Gasteiger partial charge on any atom is 0.196 e. The summed E-state index contributed by atoms with van der Waals surface area (Å²) in [6, 6.07) is 24.7. The minimum Gasteiger partial charge on any atom is -0.341 e. The van der Waals surface area contributed by atoms with E-state index in [9.17, 15) is 9.59 Å². The second-order valence-corrected chi connectivity index (χ2v) is 7.70. The molecule has 1 aliphatic carbocycles. The molecule has 3 aromatic carbocycles. The quantitative estimate of drug-likeness (QED) is 0.442. The molecule has 5 aromatic rings. The third-order valence-corrected chi connectivity index (χ3v) is 5.98. The maximum absolute atomic E-state index is 13.3. The summed E-state index contributed by atoms with van der Waals surface area (Å²) in [7, 11) is 1.99. The van der Waals surface area contributed by atoms with Crippen LogP contribution in [0.25, 0.3) is 33.8 Å². The molecule has 31 heavy (non-hydrogen) atoms. The zero-order valence-corrected chi connectivity index (χ0v) is 16.7. The van der Waals surface area contributed by atoms with Crippen LogP contribution >= 0.6 is 0 Å². The van der Waals surface area contributed by atoms with Crippen molar-refractivity contribution in [3.63, 3.8) is 0 Å². The average Bonchev–Trinajstić information content (AvgIpc) is 3.40. The highest BCUT2D eigenvalue weighted by molar-refractivity contribution is 6.31. The number of carbonyl (C=O) groups is 2. The summed E-state index contributed by atoms with van der Waals surface area (Å²) in [5.41, 5.74) is 6.01. The van der Waals surface area contributed by atoms with Gasteiger partial charge < -0.3 is 9.55 Å². The predicted octanol–water partition coefficient (Wildman–Crippen LogP) is 5.01. The minimum atomic E-state index is -0.161. The van der Waals surface area contributed by atoms with Gasteiger partial charge in [0.15, 0.2) is 17.4 Å². The van der Waals surface area contributed by atoms with E-state index < -0.39 is 0 Å². The molecule has 5 nitrogen and oxygen atoms in total. The largest absolute Gasteiger partial charge is 0.341 e. The number of rotatable bonds is 2. The molecule has 1 N–H and O–H groups in total. The van der Waals surface area contributed by atoms with Gasteiger partial charge in [0.05, 0.1) is 16.8 Å². The molecule has 0 aliphatic heterocycles. The van der Waals surface area contributed by atoms with Gasteiger partial charge in [0.2, 0.25) is 0 Å². The topological polar surface area (TPSA) is 67.8 Å². The number of aromatic amines is 1. The fourth-order valence-electron chi connectivity index (χ4n) is 4.42. The molecule has 2 aromatic heterocycles. The molecule has 0 fully saturated rings. The van der Waals surface area contributed by atoms with Gasteiger partial charge in [-0.15, -0.1) is 0 Å². The Morgan fingerprint density at radius 2 is 1.39 bits per heavy atom. The molecule has 0 bridgehead atoms. The number of carbonyl (C=O) groups excluding carboxylic acids is 2. The lowest BCUT2D eigenvalue weighted by Crippen LogP contribution is -2.21. The number of H-pyrrole nitrogens is 1. The number of fused-ring (bicyclic) bond motifs is 4. The van der Waals surface area contributed by atoms with E-state index in [2.05, 4.69) is 27.8 Å². The fraction of sp³-hybridized carbons (Fsp3) is 0.0385. The monoisotopic (exact) mass is 403 g/mol. The van der Waals surface area contributed by atoms with E-state index in [0.717, 1.165) is 22.5 Å². The summed E-state index contributed by atoms with van der Waals surface area (Å²) in [6.45, 7) is 0. The second-order valence-electron chi connectivity index (χ2n) is 7.70. The molecular formula is C26H17N3O2. The zero-order chi connectivity index (χ0) is 21.1. The zero-order valence-electron chi connectivity index (χ0n) is 16.7. The Kier molecular flexibility index (Phi) is 3.62. The van der Waals surface area contributed by atoms with Gasteiger partial charge >= 0.3 is 0 Å². The van der Waals surface area contributed by atoms with Crippen LogP contribution in [0.3, 0.4) is 0 Å². The van der Waals surface area contributed by atoms with Crippen molar-refractivity contribution in [3.05, 3.63) is 101 Å². The van der Waals surface area contributed by atoms with Crippen molar-refractivity contribution in [2.45, 2.75) is 0 Å². The van der Waals surface area contributed by atoms with E-state index >= 15 is 0 Å². The number of benzene rings is 3. The predicted molar refractivity (Wildman–Crippen MR) is 119 cm³/mol. The van der Waals surface area contributed by atoms with Crippen molar-refractivity contribution in [2.75, 3.05) is 0 Å². The fourth-order valence-corrected chi connectivity index (χ4v) is 4.42. The number of ketones is 2. The summed E-state index contributed by atoms with van der Waals surface area (Å²) in [5, 5.41) is 0. The van der Waals surface area contributed by atoms with Crippen LogP contribution in [0, 0.1) is 0 Å². The third-order valence-electron chi connectivity index (χ3n) is 5.98. The van der Waals surface area contributed by atoms with Crippen LogP contribution in [0.15, 0.2) is 78.9 Å². The second kappa shape index (κ2) is 6.37. The molecule has 2 heterocycles. The van der Waals surface area contributed by atoms with E-state index in [0.29, 0.717) is 33.6 Å². The first kappa shape index (κ1) is 17.6. The molecule has 0 saturated heterocycles. The van der Waals surface area contributed by atoms with Crippen molar-refractivity contribution in [3.8, 4) is 22.8 Å². The summed E-state index contributed by atoms with van der Waals surface area (Å²) in [4.78, 5) is 34.4. The van der Waals surface area contributed by atoms with Gasteiger partial charge in [-0.1, -0.05) is 54.6 Å². The normalized spacial score (nSPS) is 12.8. The Labute approximate surface area is 178 Å². The van der Waals surface area contributed by atoms with Crippen LogP contribution in [-0.4, -0.2) is 26.1 Å².